The molecule has 1 nitrogen and oxygen atoms in total. The Hall–Kier alpha value is -1.26. The third-order valence-electron chi connectivity index (χ3n) is 2.49. The normalized spacial score (nSPS) is 9.56. The van der Waals surface area contributed by atoms with E-state index in [1.807, 2.05) is 0 Å². The number of nitrogens with two attached hydrogens (primary N) is 1. The van der Waals surface area contributed by atoms with Gasteiger partial charge < -0.3 is 5.73 Å². The summed E-state index contributed by atoms with van der Waals surface area (Å²) in [6, 6.07) is 10.6. The molecule has 16 heavy (non-hydrogen) atoms. The van der Waals surface area contributed by atoms with Crippen LogP contribution < -0.4 is 5.73 Å². The van der Waals surface area contributed by atoms with Crippen LogP contribution in [0, 0.1) is 11.8 Å². The average Bonchev–Trinajstić information content (AvgIpc) is 2.34. The summed E-state index contributed by atoms with van der Waals surface area (Å²) in [7, 11) is 0. The summed E-state index contributed by atoms with van der Waals surface area (Å²) in [6.45, 7) is 0.787. The van der Waals surface area contributed by atoms with Crippen molar-refractivity contribution in [3.8, 4) is 11.8 Å². The van der Waals surface area contributed by atoms with Gasteiger partial charge in [-0.05, 0) is 37.8 Å². The zero-order valence-corrected chi connectivity index (χ0v) is 9.91. The summed E-state index contributed by atoms with van der Waals surface area (Å²) in [6.07, 6.45) is 6.55. The van der Waals surface area contributed by atoms with Crippen molar-refractivity contribution in [1.82, 2.24) is 0 Å². The molecular formula is C15H21N. The maximum Gasteiger partial charge on any atom is 0.00918 e. The fourth-order valence-electron chi connectivity index (χ4n) is 1.56. The van der Waals surface area contributed by atoms with Crippen molar-refractivity contribution in [2.75, 3.05) is 6.54 Å². The summed E-state index contributed by atoms with van der Waals surface area (Å²) in [5.41, 5.74) is 6.82. The van der Waals surface area contributed by atoms with Crippen LogP contribution >= 0.6 is 0 Å². The highest BCUT2D eigenvalue weighted by Gasteiger charge is 1.89. The number of rotatable bonds is 6. The molecule has 0 aliphatic heterocycles. The lowest BCUT2D eigenvalue weighted by molar-refractivity contribution is 0.766. The van der Waals surface area contributed by atoms with Crippen molar-refractivity contribution >= 4 is 0 Å². The van der Waals surface area contributed by atoms with Crippen molar-refractivity contribution < 1.29 is 0 Å². The molecule has 0 bridgehead atoms. The Balaban J connectivity index is 2.03. The second-order valence-electron chi connectivity index (χ2n) is 3.94. The predicted octanol–water partition coefficient (Wildman–Crippen LogP) is 3.14. The first-order valence-corrected chi connectivity index (χ1v) is 6.13. The van der Waals surface area contributed by atoms with Gasteiger partial charge in [-0.25, -0.2) is 0 Å². The van der Waals surface area contributed by atoms with Gasteiger partial charge in [0.05, 0.1) is 0 Å². The Morgan fingerprint density at radius 2 is 1.56 bits per heavy atom. The second-order valence-corrected chi connectivity index (χ2v) is 3.94. The highest BCUT2D eigenvalue weighted by Crippen LogP contribution is 2.03. The molecule has 0 aliphatic rings. The van der Waals surface area contributed by atoms with Gasteiger partial charge in [0.25, 0.3) is 0 Å². The fraction of sp³-hybridized carbons (Fsp3) is 0.467. The van der Waals surface area contributed by atoms with E-state index in [2.05, 4.69) is 42.2 Å². The van der Waals surface area contributed by atoms with Crippen LogP contribution in [-0.2, 0) is 6.42 Å². The van der Waals surface area contributed by atoms with Gasteiger partial charge in [0.15, 0.2) is 0 Å². The highest BCUT2D eigenvalue weighted by molar-refractivity contribution is 5.14. The lowest BCUT2D eigenvalue weighted by Gasteiger charge is -1.96. The van der Waals surface area contributed by atoms with E-state index in [0.29, 0.717) is 0 Å². The van der Waals surface area contributed by atoms with Crippen LogP contribution in [0.15, 0.2) is 30.3 Å². The zero-order chi connectivity index (χ0) is 11.5. The Kier molecular flexibility index (Phi) is 7.21. The number of hydrogen-bond acceptors (Lipinski definition) is 1. The molecule has 0 aliphatic carbocycles. The Morgan fingerprint density at radius 1 is 0.875 bits per heavy atom. The summed E-state index contributed by atoms with van der Waals surface area (Å²) in [4.78, 5) is 0. The molecule has 0 fully saturated rings. The molecular weight excluding hydrogens is 194 g/mol. The minimum atomic E-state index is 0.787. The van der Waals surface area contributed by atoms with Gasteiger partial charge in [-0.15, -0.1) is 11.8 Å². The Bertz CT molecular complexity index is 318. The maximum atomic E-state index is 5.41. The molecule has 1 aromatic carbocycles. The van der Waals surface area contributed by atoms with E-state index in [0.717, 1.165) is 45.1 Å². The minimum Gasteiger partial charge on any atom is -0.330 e. The molecule has 1 heteroatoms. The van der Waals surface area contributed by atoms with Crippen molar-refractivity contribution in [3.05, 3.63) is 35.9 Å². The number of aryl methyl sites for hydroxylation is 1. The topological polar surface area (TPSA) is 26.0 Å². The van der Waals surface area contributed by atoms with Crippen LogP contribution in [-0.4, -0.2) is 6.54 Å². The molecule has 1 aromatic rings. The lowest BCUT2D eigenvalue weighted by atomic mass is 10.1. The van der Waals surface area contributed by atoms with Crippen LogP contribution in [0.3, 0.4) is 0 Å². The summed E-state index contributed by atoms with van der Waals surface area (Å²) in [5, 5.41) is 0. The lowest BCUT2D eigenvalue weighted by Crippen LogP contribution is -1.96. The fourth-order valence-corrected chi connectivity index (χ4v) is 1.56. The van der Waals surface area contributed by atoms with Gasteiger partial charge in [0.1, 0.15) is 0 Å². The van der Waals surface area contributed by atoms with Gasteiger partial charge in [-0.1, -0.05) is 30.3 Å². The maximum absolute atomic E-state index is 5.41. The molecule has 0 amide bonds. The van der Waals surface area contributed by atoms with E-state index in [1.165, 1.54) is 5.56 Å². The first kappa shape index (κ1) is 12.8. The molecule has 0 saturated heterocycles. The quantitative estimate of drug-likeness (QED) is 0.572. The van der Waals surface area contributed by atoms with Crippen molar-refractivity contribution in [2.45, 2.75) is 38.5 Å². The van der Waals surface area contributed by atoms with Gasteiger partial charge >= 0.3 is 0 Å². The average molecular weight is 215 g/mol. The summed E-state index contributed by atoms with van der Waals surface area (Å²) in [5.74, 6) is 6.42. The molecule has 0 aromatic heterocycles. The molecule has 2 N–H and O–H groups in total. The molecule has 1 rings (SSSR count). The van der Waals surface area contributed by atoms with E-state index in [-0.39, 0.29) is 0 Å². The summed E-state index contributed by atoms with van der Waals surface area (Å²) >= 11 is 0. The smallest absolute Gasteiger partial charge is 0.00918 e. The molecule has 0 saturated carbocycles. The van der Waals surface area contributed by atoms with Gasteiger partial charge in [-0.3, -0.25) is 0 Å². The largest absolute Gasteiger partial charge is 0.330 e. The second kappa shape index (κ2) is 9.00. The summed E-state index contributed by atoms with van der Waals surface area (Å²) < 4.78 is 0. The van der Waals surface area contributed by atoms with Gasteiger partial charge in [-0.2, -0.15) is 0 Å². The molecule has 0 atom stereocenters. The molecule has 0 unspecified atom stereocenters. The predicted molar refractivity (Wildman–Crippen MR) is 70.1 cm³/mol. The highest BCUT2D eigenvalue weighted by atomic mass is 14.5. The van der Waals surface area contributed by atoms with Crippen LogP contribution in [0.5, 0.6) is 0 Å². The monoisotopic (exact) mass is 215 g/mol. The first-order chi connectivity index (χ1) is 7.93. The van der Waals surface area contributed by atoms with E-state index < -0.39 is 0 Å². The van der Waals surface area contributed by atoms with Crippen LogP contribution in [0.2, 0.25) is 0 Å². The molecule has 0 heterocycles. The molecule has 86 valence electrons. The van der Waals surface area contributed by atoms with Gasteiger partial charge in [0.2, 0.25) is 0 Å². The van der Waals surface area contributed by atoms with Crippen molar-refractivity contribution in [2.24, 2.45) is 5.73 Å². The minimum absolute atomic E-state index is 0.787. The van der Waals surface area contributed by atoms with Crippen molar-refractivity contribution in [1.29, 1.82) is 0 Å². The SMILES string of the molecule is NCCCCC#CCCCc1ccccc1. The molecule has 0 radical (unpaired) electrons. The van der Waals surface area contributed by atoms with Crippen LogP contribution in [0.1, 0.15) is 37.7 Å². The van der Waals surface area contributed by atoms with Gasteiger partial charge in [0, 0.05) is 12.8 Å². The third kappa shape index (κ3) is 6.27. The van der Waals surface area contributed by atoms with Crippen LogP contribution in [0.25, 0.3) is 0 Å². The third-order valence-corrected chi connectivity index (χ3v) is 2.49. The van der Waals surface area contributed by atoms with Crippen LogP contribution in [0.4, 0.5) is 0 Å². The number of unbranched alkanes of at least 4 members (excludes halogenated alkanes) is 3. The van der Waals surface area contributed by atoms with E-state index >= 15 is 0 Å². The zero-order valence-electron chi connectivity index (χ0n) is 9.91. The van der Waals surface area contributed by atoms with E-state index in [4.69, 9.17) is 5.73 Å². The number of hydrogen-bond donors (Lipinski definition) is 1. The van der Waals surface area contributed by atoms with E-state index in [9.17, 15) is 0 Å². The first-order valence-electron chi connectivity index (χ1n) is 6.13. The standard InChI is InChI=1S/C15H21N/c16-14-10-5-3-1-2-4-7-11-15-12-8-6-9-13-15/h6,8-9,12-13H,3-5,7,10-11,14,16H2. The number of benzene rings is 1. The van der Waals surface area contributed by atoms with Crippen molar-refractivity contribution in [3.63, 3.8) is 0 Å². The Labute approximate surface area is 99.1 Å². The molecule has 0 spiro atoms. The Morgan fingerprint density at radius 3 is 2.25 bits per heavy atom. The van der Waals surface area contributed by atoms with E-state index in [1.54, 1.807) is 0 Å².